The number of thiophene rings is 1. The fourth-order valence-corrected chi connectivity index (χ4v) is 6.17. The molecule has 0 bridgehead atoms. The summed E-state index contributed by atoms with van der Waals surface area (Å²) in [5, 5.41) is 1.29. The van der Waals surface area contributed by atoms with Crippen LogP contribution in [0, 0.1) is 0 Å². The normalized spacial score (nSPS) is 14.0. The average Bonchev–Trinajstić information content (AvgIpc) is 3.40. The Bertz CT molecular complexity index is 1530. The molecule has 0 amide bonds. The molecule has 2 aromatic carbocycles. The summed E-state index contributed by atoms with van der Waals surface area (Å²) in [5.74, 6) is 0. The van der Waals surface area contributed by atoms with Crippen molar-refractivity contribution in [2.45, 2.75) is 12.8 Å². The Balaban J connectivity index is 1.58. The van der Waals surface area contributed by atoms with Crippen molar-refractivity contribution in [2.75, 3.05) is 5.43 Å². The van der Waals surface area contributed by atoms with E-state index in [9.17, 15) is 0 Å². The van der Waals surface area contributed by atoms with Gasteiger partial charge in [-0.2, -0.15) is 0 Å². The number of hydrogen-bond donors (Lipinski definition) is 2. The van der Waals surface area contributed by atoms with Crippen molar-refractivity contribution in [2.24, 2.45) is 0 Å². The van der Waals surface area contributed by atoms with E-state index in [-0.39, 0.29) is 0 Å². The molecule has 7 rings (SSSR count). The predicted octanol–water partition coefficient (Wildman–Crippen LogP) is 5.31. The minimum Gasteiger partial charge on any atom is -0.306 e. The van der Waals surface area contributed by atoms with Crippen LogP contribution < -0.4 is 10.9 Å². The number of quaternary nitrogens is 1. The van der Waals surface area contributed by atoms with E-state index in [1.807, 2.05) is 23.6 Å². The molecule has 2 aliphatic rings. The molecule has 154 valence electrons. The summed E-state index contributed by atoms with van der Waals surface area (Å²) in [6, 6.07) is 19.0. The van der Waals surface area contributed by atoms with E-state index in [1.54, 1.807) is 6.33 Å². The lowest BCUT2D eigenvalue weighted by atomic mass is 10.0. The van der Waals surface area contributed by atoms with Gasteiger partial charge in [0.25, 0.3) is 0 Å². The number of hydrogen-bond acceptors (Lipinski definition) is 4. The molecule has 3 aromatic heterocycles. The maximum Gasteiger partial charge on any atom is 0.182 e. The van der Waals surface area contributed by atoms with Crippen molar-refractivity contribution in [3.05, 3.63) is 84.5 Å². The number of nitrogens with one attached hydrogen (secondary N) is 1. The first-order valence-corrected chi connectivity index (χ1v) is 11.6. The summed E-state index contributed by atoms with van der Waals surface area (Å²) in [6.45, 7) is 0. The Hall–Kier alpha value is -3.74. The summed E-state index contributed by atoms with van der Waals surface area (Å²) in [6.07, 6.45) is 10.2. The third kappa shape index (κ3) is 2.48. The van der Waals surface area contributed by atoms with Crippen molar-refractivity contribution in [3.8, 4) is 27.5 Å². The van der Waals surface area contributed by atoms with E-state index >= 15 is 0 Å². The molecule has 1 aliphatic carbocycles. The molecular weight excluding hydrogens is 414 g/mol. The Morgan fingerprint density at radius 2 is 1.91 bits per heavy atom. The van der Waals surface area contributed by atoms with Gasteiger partial charge in [-0.25, -0.2) is 20.8 Å². The predicted molar refractivity (Wildman–Crippen MR) is 130 cm³/mol. The highest BCUT2D eigenvalue weighted by molar-refractivity contribution is 7.23. The van der Waals surface area contributed by atoms with Crippen LogP contribution in [0.2, 0.25) is 0 Å². The lowest BCUT2D eigenvalue weighted by molar-refractivity contribution is -0.537. The third-order valence-electron chi connectivity index (χ3n) is 6.33. The minimum absolute atomic E-state index is 0.952. The minimum atomic E-state index is 0.952. The van der Waals surface area contributed by atoms with Crippen LogP contribution in [0.4, 0.5) is 11.4 Å². The zero-order valence-corrected chi connectivity index (χ0v) is 18.1. The second-order valence-corrected chi connectivity index (χ2v) is 9.16. The highest BCUT2D eigenvalue weighted by atomic mass is 32.1. The van der Waals surface area contributed by atoms with Crippen LogP contribution >= 0.6 is 11.3 Å². The molecule has 5 aromatic rings. The molecular formula is C26H20N5S+. The lowest BCUT2D eigenvalue weighted by Crippen LogP contribution is -2.83. The number of nitrogens with zero attached hydrogens (tertiary/aromatic N) is 3. The van der Waals surface area contributed by atoms with E-state index in [4.69, 9.17) is 4.98 Å². The van der Waals surface area contributed by atoms with Gasteiger partial charge in [0, 0.05) is 21.5 Å². The zero-order chi connectivity index (χ0) is 21.1. The molecule has 6 heteroatoms. The van der Waals surface area contributed by atoms with Gasteiger partial charge in [-0.1, -0.05) is 54.6 Å². The fraction of sp³-hybridized carbons (Fsp3) is 0.0769. The smallest absolute Gasteiger partial charge is 0.182 e. The SMILES string of the molecule is C1=Cc2c3c(n(-c4cncnc4-c4ccccc4)c2CC1)-c1sc2ccccc2c1[NH2+]N3. The van der Waals surface area contributed by atoms with E-state index in [2.05, 4.69) is 81.1 Å². The van der Waals surface area contributed by atoms with Crippen LogP contribution in [0.25, 0.3) is 43.7 Å². The van der Waals surface area contributed by atoms with Gasteiger partial charge in [-0.3, -0.25) is 0 Å². The molecule has 0 radical (unpaired) electrons. The standard InChI is InChI=1S/C26H19N5S/c1-2-8-16(9-3-1)22-20(14-27-15-28-22)31-19-12-6-4-10-17(19)23-25(31)26-24(30-29-23)18-11-5-7-13-21(18)32-26/h1-5,7-11,13-15,29-30H,6,12H2/p+1. The lowest BCUT2D eigenvalue weighted by Gasteiger charge is -2.18. The van der Waals surface area contributed by atoms with Crippen LogP contribution in [-0.2, 0) is 6.42 Å². The quantitative estimate of drug-likeness (QED) is 0.370. The van der Waals surface area contributed by atoms with E-state index in [1.165, 1.54) is 43.3 Å². The molecule has 0 fully saturated rings. The van der Waals surface area contributed by atoms with Gasteiger partial charge >= 0.3 is 0 Å². The molecule has 1 aliphatic heterocycles. The van der Waals surface area contributed by atoms with Gasteiger partial charge in [0.1, 0.15) is 16.9 Å². The Morgan fingerprint density at radius 1 is 1.03 bits per heavy atom. The van der Waals surface area contributed by atoms with Crippen LogP contribution in [0.1, 0.15) is 17.7 Å². The van der Waals surface area contributed by atoms with Crippen LogP contribution in [0.3, 0.4) is 0 Å². The number of anilines is 1. The highest BCUT2D eigenvalue weighted by Gasteiger charge is 2.34. The monoisotopic (exact) mass is 434 g/mol. The van der Waals surface area contributed by atoms with Gasteiger partial charge in [0.2, 0.25) is 0 Å². The maximum absolute atomic E-state index is 4.73. The topological polar surface area (TPSA) is 59.4 Å². The number of aromatic nitrogens is 3. The van der Waals surface area contributed by atoms with Crippen molar-refractivity contribution >= 4 is 38.9 Å². The summed E-state index contributed by atoms with van der Waals surface area (Å²) < 4.78 is 3.71. The van der Waals surface area contributed by atoms with E-state index < -0.39 is 0 Å². The van der Waals surface area contributed by atoms with Gasteiger partial charge in [0.15, 0.2) is 5.69 Å². The van der Waals surface area contributed by atoms with E-state index in [0.717, 1.165) is 29.8 Å². The largest absolute Gasteiger partial charge is 0.306 e. The first-order chi connectivity index (χ1) is 15.9. The second-order valence-electron chi connectivity index (χ2n) is 8.11. The Kier molecular flexibility index (Phi) is 3.85. The fourth-order valence-electron chi connectivity index (χ4n) is 4.95. The van der Waals surface area contributed by atoms with Crippen molar-refractivity contribution in [1.82, 2.24) is 14.5 Å². The zero-order valence-electron chi connectivity index (χ0n) is 17.2. The van der Waals surface area contributed by atoms with Crippen molar-refractivity contribution in [1.29, 1.82) is 0 Å². The summed E-state index contributed by atoms with van der Waals surface area (Å²) >= 11 is 1.86. The molecule has 5 nitrogen and oxygen atoms in total. The van der Waals surface area contributed by atoms with Gasteiger partial charge < -0.3 is 4.57 Å². The molecule has 0 spiro atoms. The summed E-state index contributed by atoms with van der Waals surface area (Å²) in [5.41, 5.74) is 15.1. The Morgan fingerprint density at radius 3 is 2.84 bits per heavy atom. The number of benzene rings is 2. The number of nitrogens with two attached hydrogens (primary N) is 1. The van der Waals surface area contributed by atoms with Gasteiger partial charge in [-0.15, -0.1) is 11.3 Å². The molecule has 0 saturated carbocycles. The van der Waals surface area contributed by atoms with Crippen molar-refractivity contribution < 1.29 is 5.43 Å². The molecule has 0 saturated heterocycles. The number of nitrogen functional groups attached to an aromatic ring is 1. The molecule has 32 heavy (non-hydrogen) atoms. The summed E-state index contributed by atoms with van der Waals surface area (Å²) in [4.78, 5) is 10.5. The number of allylic oxidation sites excluding steroid dienone is 1. The molecule has 4 heterocycles. The highest BCUT2D eigenvalue weighted by Crippen LogP contribution is 2.50. The van der Waals surface area contributed by atoms with Crippen LogP contribution in [-0.4, -0.2) is 14.5 Å². The molecule has 0 unspecified atom stereocenters. The third-order valence-corrected chi connectivity index (χ3v) is 7.53. The maximum atomic E-state index is 4.73. The van der Waals surface area contributed by atoms with Crippen LogP contribution in [0.5, 0.6) is 0 Å². The molecule has 0 atom stereocenters. The first-order valence-electron chi connectivity index (χ1n) is 10.8. The van der Waals surface area contributed by atoms with Gasteiger partial charge in [-0.05, 0) is 25.0 Å². The summed E-state index contributed by atoms with van der Waals surface area (Å²) in [7, 11) is 0. The number of rotatable bonds is 2. The number of fused-ring (bicyclic) bond motifs is 7. The Labute approximate surface area is 189 Å². The van der Waals surface area contributed by atoms with Gasteiger partial charge in [0.05, 0.1) is 28.7 Å². The van der Waals surface area contributed by atoms with Crippen molar-refractivity contribution in [3.63, 3.8) is 0 Å². The first kappa shape index (κ1) is 17.9. The van der Waals surface area contributed by atoms with Crippen LogP contribution in [0.15, 0.2) is 73.2 Å². The van der Waals surface area contributed by atoms with E-state index in [0.29, 0.717) is 0 Å². The second kappa shape index (κ2) is 6.88. The molecule has 3 N–H and O–H groups in total. The average molecular weight is 435 g/mol.